The molecule has 0 spiro atoms. The first-order valence-corrected chi connectivity index (χ1v) is 11.2. The number of fused-ring (bicyclic) bond motifs is 3. The van der Waals surface area contributed by atoms with Crippen LogP contribution in [0.2, 0.25) is 0 Å². The van der Waals surface area contributed by atoms with Crippen LogP contribution in [-0.4, -0.2) is 51.2 Å². The third-order valence-electron chi connectivity index (χ3n) is 6.23. The summed E-state index contributed by atoms with van der Waals surface area (Å²) >= 11 is 0. The number of alkyl halides is 3. The minimum Gasteiger partial charge on any atom is -0.481 e. The van der Waals surface area contributed by atoms with Crippen LogP contribution < -0.4 is 0 Å². The Morgan fingerprint density at radius 2 is 1.94 bits per heavy atom. The number of carboxylic acid groups (broad SMARTS) is 1. The second kappa shape index (κ2) is 9.33. The first kappa shape index (κ1) is 24.7. The van der Waals surface area contributed by atoms with Crippen molar-refractivity contribution in [2.45, 2.75) is 39.5 Å². The van der Waals surface area contributed by atoms with E-state index in [-0.39, 0.29) is 32.2 Å². The second-order valence-corrected chi connectivity index (χ2v) is 9.33. The number of hydrogen-bond donors (Lipinski definition) is 1. The van der Waals surface area contributed by atoms with Crippen molar-refractivity contribution in [2.24, 2.45) is 5.41 Å². The second-order valence-electron chi connectivity index (χ2n) is 9.33. The summed E-state index contributed by atoms with van der Waals surface area (Å²) in [6.07, 6.45) is -2.23. The number of aromatic nitrogens is 2. The fourth-order valence-electron chi connectivity index (χ4n) is 4.22. The van der Waals surface area contributed by atoms with Crippen molar-refractivity contribution in [2.75, 3.05) is 19.8 Å². The fraction of sp³-hybridized carbons (Fsp3) is 0.400. The predicted molar refractivity (Wildman–Crippen MR) is 122 cm³/mol. The van der Waals surface area contributed by atoms with Crippen LogP contribution in [0.3, 0.4) is 0 Å². The molecule has 0 saturated carbocycles. The highest BCUT2D eigenvalue weighted by molar-refractivity contribution is 5.84. The molecule has 0 aliphatic carbocycles. The molecule has 35 heavy (non-hydrogen) atoms. The van der Waals surface area contributed by atoms with Crippen molar-refractivity contribution in [3.05, 3.63) is 65.0 Å². The van der Waals surface area contributed by atoms with Gasteiger partial charge in [0.05, 0.1) is 24.1 Å². The van der Waals surface area contributed by atoms with Crippen molar-refractivity contribution < 1.29 is 32.6 Å². The molecule has 0 bridgehead atoms. The number of carboxylic acids is 1. The van der Waals surface area contributed by atoms with Crippen LogP contribution in [0.4, 0.5) is 13.2 Å². The number of ether oxygens (including phenoxy) is 1. The molecule has 186 valence electrons. The quantitative estimate of drug-likeness (QED) is 0.540. The van der Waals surface area contributed by atoms with Gasteiger partial charge in [0.15, 0.2) is 0 Å². The SMILES string of the molecule is CC(C)(COCC(=O)N1CCc2c(n(Cc3cccc(C(F)(F)F)c3)c3ncccc23)C1)C(=O)O. The lowest BCUT2D eigenvalue weighted by Crippen LogP contribution is -2.40. The molecule has 1 aromatic carbocycles. The van der Waals surface area contributed by atoms with Gasteiger partial charge >= 0.3 is 12.1 Å². The number of nitrogens with zero attached hydrogens (tertiary/aromatic N) is 3. The Kier molecular flexibility index (Phi) is 6.59. The first-order chi connectivity index (χ1) is 16.5. The molecule has 4 rings (SSSR count). The van der Waals surface area contributed by atoms with E-state index in [2.05, 4.69) is 4.98 Å². The number of carbonyl (C=O) groups is 2. The third kappa shape index (κ3) is 5.17. The summed E-state index contributed by atoms with van der Waals surface area (Å²) in [6.45, 7) is 3.58. The number of rotatable bonds is 7. The highest BCUT2D eigenvalue weighted by Gasteiger charge is 2.32. The number of amides is 1. The maximum absolute atomic E-state index is 13.2. The third-order valence-corrected chi connectivity index (χ3v) is 6.23. The Hall–Kier alpha value is -3.40. The zero-order valence-corrected chi connectivity index (χ0v) is 19.4. The molecule has 2 aromatic heterocycles. The van der Waals surface area contributed by atoms with Crippen molar-refractivity contribution in [1.29, 1.82) is 0 Å². The van der Waals surface area contributed by atoms with Gasteiger partial charge in [0.1, 0.15) is 12.3 Å². The van der Waals surface area contributed by atoms with Crippen LogP contribution >= 0.6 is 0 Å². The fourth-order valence-corrected chi connectivity index (χ4v) is 4.22. The van der Waals surface area contributed by atoms with Crippen LogP contribution in [-0.2, 0) is 40.0 Å². The average molecular weight is 489 g/mol. The number of carbonyl (C=O) groups excluding carboxylic acids is 1. The van der Waals surface area contributed by atoms with Gasteiger partial charge in [0.2, 0.25) is 5.91 Å². The zero-order chi connectivity index (χ0) is 25.4. The number of aliphatic carboxylic acids is 1. The Morgan fingerprint density at radius 1 is 1.17 bits per heavy atom. The summed E-state index contributed by atoms with van der Waals surface area (Å²) in [7, 11) is 0. The van der Waals surface area contributed by atoms with Crippen LogP contribution in [0.5, 0.6) is 0 Å². The maximum Gasteiger partial charge on any atom is 0.416 e. The first-order valence-electron chi connectivity index (χ1n) is 11.2. The van der Waals surface area contributed by atoms with Gasteiger partial charge in [-0.2, -0.15) is 13.2 Å². The topological polar surface area (TPSA) is 84.7 Å². The van der Waals surface area contributed by atoms with E-state index in [1.165, 1.54) is 19.9 Å². The normalized spacial score (nSPS) is 14.3. The van der Waals surface area contributed by atoms with E-state index in [0.717, 1.165) is 28.8 Å². The van der Waals surface area contributed by atoms with Crippen molar-refractivity contribution in [3.63, 3.8) is 0 Å². The molecule has 0 unspecified atom stereocenters. The Balaban J connectivity index is 1.58. The molecule has 0 atom stereocenters. The minimum absolute atomic E-state index is 0.104. The average Bonchev–Trinajstić information content (AvgIpc) is 3.11. The van der Waals surface area contributed by atoms with Crippen LogP contribution in [0.25, 0.3) is 11.0 Å². The summed E-state index contributed by atoms with van der Waals surface area (Å²) in [6, 6.07) is 8.93. The smallest absolute Gasteiger partial charge is 0.416 e. The summed E-state index contributed by atoms with van der Waals surface area (Å²) in [4.78, 5) is 30.1. The molecule has 0 saturated heterocycles. The van der Waals surface area contributed by atoms with E-state index in [1.54, 1.807) is 17.2 Å². The Morgan fingerprint density at radius 3 is 2.66 bits per heavy atom. The molecule has 1 N–H and O–H groups in total. The Bertz CT molecular complexity index is 1270. The highest BCUT2D eigenvalue weighted by Crippen LogP contribution is 2.33. The minimum atomic E-state index is -4.44. The molecule has 0 fully saturated rings. The Labute approximate surface area is 200 Å². The maximum atomic E-state index is 13.2. The van der Waals surface area contributed by atoms with Crippen molar-refractivity contribution >= 4 is 22.9 Å². The number of hydrogen-bond acceptors (Lipinski definition) is 4. The lowest BCUT2D eigenvalue weighted by molar-refractivity contribution is -0.153. The van der Waals surface area contributed by atoms with Crippen molar-refractivity contribution in [1.82, 2.24) is 14.5 Å². The standard InChI is InChI=1S/C25H26F3N3O4/c1-24(2,23(33)34)15-35-14-21(32)30-10-8-18-19-7-4-9-29-22(19)31(20(18)13-30)12-16-5-3-6-17(11-16)25(26,27)28/h3-7,9,11H,8,10,12-15H2,1-2H3,(H,33,34). The molecule has 3 aromatic rings. The van der Waals surface area contributed by atoms with Gasteiger partial charge in [0.25, 0.3) is 0 Å². The van der Waals surface area contributed by atoms with E-state index in [4.69, 9.17) is 4.74 Å². The van der Waals surface area contributed by atoms with E-state index < -0.39 is 23.1 Å². The van der Waals surface area contributed by atoms with Crippen LogP contribution in [0.15, 0.2) is 42.6 Å². The molecular formula is C25H26F3N3O4. The van der Waals surface area contributed by atoms with E-state index in [9.17, 15) is 27.9 Å². The van der Waals surface area contributed by atoms with Gasteiger partial charge in [-0.15, -0.1) is 0 Å². The van der Waals surface area contributed by atoms with Gasteiger partial charge in [-0.1, -0.05) is 12.1 Å². The van der Waals surface area contributed by atoms with Crippen molar-refractivity contribution in [3.8, 4) is 0 Å². The lowest BCUT2D eigenvalue weighted by atomic mass is 9.95. The monoisotopic (exact) mass is 489 g/mol. The van der Waals surface area contributed by atoms with Gasteiger partial charge in [0, 0.05) is 30.4 Å². The summed E-state index contributed by atoms with van der Waals surface area (Å²) in [5.41, 5.74) is 1.15. The molecular weight excluding hydrogens is 463 g/mol. The molecule has 1 amide bonds. The molecule has 3 heterocycles. The van der Waals surface area contributed by atoms with E-state index in [0.29, 0.717) is 24.2 Å². The van der Waals surface area contributed by atoms with Gasteiger partial charge in [-0.05, 0) is 55.7 Å². The van der Waals surface area contributed by atoms with Gasteiger partial charge in [-0.3, -0.25) is 9.59 Å². The number of halogens is 3. The van der Waals surface area contributed by atoms with E-state index >= 15 is 0 Å². The molecule has 1 aliphatic heterocycles. The highest BCUT2D eigenvalue weighted by atomic mass is 19.4. The molecule has 10 heteroatoms. The largest absolute Gasteiger partial charge is 0.481 e. The predicted octanol–water partition coefficient (Wildman–Crippen LogP) is 4.12. The van der Waals surface area contributed by atoms with Crippen LogP contribution in [0.1, 0.15) is 36.2 Å². The van der Waals surface area contributed by atoms with Gasteiger partial charge in [-0.25, -0.2) is 4.98 Å². The summed E-state index contributed by atoms with van der Waals surface area (Å²) in [5, 5.41) is 10.1. The van der Waals surface area contributed by atoms with Gasteiger partial charge < -0.3 is 19.3 Å². The zero-order valence-electron chi connectivity index (χ0n) is 19.4. The molecule has 0 radical (unpaired) electrons. The summed E-state index contributed by atoms with van der Waals surface area (Å²) < 4.78 is 46.9. The number of pyridine rings is 1. The van der Waals surface area contributed by atoms with E-state index in [1.807, 2.05) is 16.7 Å². The lowest BCUT2D eigenvalue weighted by Gasteiger charge is -2.29. The molecule has 1 aliphatic rings. The summed E-state index contributed by atoms with van der Waals surface area (Å²) in [5.74, 6) is -1.29. The number of benzene rings is 1. The molecule has 7 nitrogen and oxygen atoms in total. The van der Waals surface area contributed by atoms with Crippen LogP contribution in [0, 0.1) is 5.41 Å².